The molecule has 0 saturated carbocycles. The highest BCUT2D eigenvalue weighted by molar-refractivity contribution is 5.77. The number of nitrogens with zero attached hydrogens (tertiary/aromatic N) is 1. The summed E-state index contributed by atoms with van der Waals surface area (Å²) in [4.78, 5) is 24.4. The van der Waals surface area contributed by atoms with Gasteiger partial charge in [-0.3, -0.25) is 4.79 Å². The van der Waals surface area contributed by atoms with Crippen molar-refractivity contribution < 1.29 is 14.7 Å². The average Bonchev–Trinajstić information content (AvgIpc) is 2.82. The number of nitrogens with one attached hydrogen (secondary N) is 1. The van der Waals surface area contributed by atoms with Crippen LogP contribution in [0.2, 0.25) is 0 Å². The minimum atomic E-state index is -0.831. The average molecular weight is 302 g/mol. The lowest BCUT2D eigenvalue weighted by atomic mass is 9.73. The predicted octanol–water partition coefficient (Wildman–Crippen LogP) is 2.32. The fourth-order valence-corrected chi connectivity index (χ4v) is 4.14. The number of rotatable bonds is 2. The van der Waals surface area contributed by atoms with Crippen molar-refractivity contribution in [3.63, 3.8) is 0 Å². The second-order valence-electron chi connectivity index (χ2n) is 6.42. The van der Waals surface area contributed by atoms with Gasteiger partial charge in [0.1, 0.15) is 0 Å². The van der Waals surface area contributed by atoms with Gasteiger partial charge in [-0.2, -0.15) is 0 Å². The zero-order chi connectivity index (χ0) is 15.7. The van der Waals surface area contributed by atoms with Crippen LogP contribution in [-0.2, 0) is 10.2 Å². The third-order valence-corrected chi connectivity index (χ3v) is 5.31. The van der Waals surface area contributed by atoms with E-state index in [1.54, 1.807) is 7.05 Å². The molecule has 3 rings (SSSR count). The molecule has 5 heteroatoms. The van der Waals surface area contributed by atoms with Gasteiger partial charge in [-0.1, -0.05) is 24.3 Å². The van der Waals surface area contributed by atoms with Crippen molar-refractivity contribution in [2.75, 3.05) is 20.1 Å². The molecule has 0 aromatic heterocycles. The van der Waals surface area contributed by atoms with E-state index < -0.39 is 6.09 Å². The van der Waals surface area contributed by atoms with Crippen molar-refractivity contribution in [2.45, 2.75) is 37.0 Å². The second-order valence-corrected chi connectivity index (χ2v) is 6.42. The zero-order valence-electron chi connectivity index (χ0n) is 12.8. The van der Waals surface area contributed by atoms with Crippen LogP contribution in [0.15, 0.2) is 24.3 Å². The van der Waals surface area contributed by atoms with Gasteiger partial charge in [-0.05, 0) is 41.7 Å². The Morgan fingerprint density at radius 2 is 2.00 bits per heavy atom. The standard InChI is InChI=1S/C17H22N2O3/c1-18-15(20)10-12-11-17(14-5-3-2-4-13(12)14)6-8-19(9-7-17)16(21)22/h2-5,12H,6-11H2,1H3,(H,18,20)(H,21,22). The highest BCUT2D eigenvalue weighted by Gasteiger charge is 2.46. The van der Waals surface area contributed by atoms with Crippen LogP contribution in [0.5, 0.6) is 0 Å². The summed E-state index contributed by atoms with van der Waals surface area (Å²) in [5.74, 6) is 0.312. The molecule has 1 aromatic rings. The van der Waals surface area contributed by atoms with Crippen molar-refractivity contribution in [1.29, 1.82) is 0 Å². The highest BCUT2D eigenvalue weighted by atomic mass is 16.4. The van der Waals surface area contributed by atoms with Crippen LogP contribution < -0.4 is 5.32 Å². The molecule has 5 nitrogen and oxygen atoms in total. The lowest BCUT2D eigenvalue weighted by Crippen LogP contribution is -2.43. The number of hydrogen-bond donors (Lipinski definition) is 2. The zero-order valence-corrected chi connectivity index (χ0v) is 12.8. The van der Waals surface area contributed by atoms with Crippen molar-refractivity contribution in [2.24, 2.45) is 0 Å². The van der Waals surface area contributed by atoms with Crippen LogP contribution in [0.3, 0.4) is 0 Å². The van der Waals surface area contributed by atoms with Gasteiger partial charge >= 0.3 is 6.09 Å². The van der Waals surface area contributed by atoms with Gasteiger partial charge in [-0.25, -0.2) is 4.79 Å². The maximum Gasteiger partial charge on any atom is 0.407 e. The van der Waals surface area contributed by atoms with Crippen LogP contribution in [0.4, 0.5) is 4.79 Å². The summed E-state index contributed by atoms with van der Waals surface area (Å²) in [7, 11) is 1.67. The molecule has 1 spiro atoms. The second kappa shape index (κ2) is 5.63. The summed E-state index contributed by atoms with van der Waals surface area (Å²) in [5, 5.41) is 11.9. The van der Waals surface area contributed by atoms with Crippen LogP contribution in [-0.4, -0.2) is 42.1 Å². The van der Waals surface area contributed by atoms with E-state index in [0.29, 0.717) is 19.5 Å². The first-order chi connectivity index (χ1) is 10.6. The van der Waals surface area contributed by atoms with E-state index in [0.717, 1.165) is 19.3 Å². The summed E-state index contributed by atoms with van der Waals surface area (Å²) in [6.45, 7) is 1.16. The Morgan fingerprint density at radius 3 is 2.64 bits per heavy atom. The molecule has 1 fully saturated rings. The third kappa shape index (κ3) is 2.45. The molecule has 1 aromatic carbocycles. The normalized spacial score (nSPS) is 22.4. The molecule has 118 valence electrons. The highest BCUT2D eigenvalue weighted by Crippen LogP contribution is 2.52. The lowest BCUT2D eigenvalue weighted by molar-refractivity contribution is -0.121. The number of carboxylic acid groups (broad SMARTS) is 1. The van der Waals surface area contributed by atoms with Gasteiger partial charge in [-0.15, -0.1) is 0 Å². The minimum Gasteiger partial charge on any atom is -0.465 e. The van der Waals surface area contributed by atoms with Gasteiger partial charge in [0.05, 0.1) is 0 Å². The smallest absolute Gasteiger partial charge is 0.407 e. The first-order valence-corrected chi connectivity index (χ1v) is 7.83. The number of carbonyl (C=O) groups excluding carboxylic acids is 1. The van der Waals surface area contributed by atoms with E-state index in [4.69, 9.17) is 5.11 Å². The number of benzene rings is 1. The van der Waals surface area contributed by atoms with Gasteiger partial charge in [0.2, 0.25) is 5.91 Å². The number of likely N-dealkylation sites (tertiary alicyclic amines) is 1. The first kappa shape index (κ1) is 14.9. The Kier molecular flexibility index (Phi) is 3.81. The summed E-state index contributed by atoms with van der Waals surface area (Å²) in [5.41, 5.74) is 2.64. The quantitative estimate of drug-likeness (QED) is 0.881. The summed E-state index contributed by atoms with van der Waals surface area (Å²) < 4.78 is 0. The van der Waals surface area contributed by atoms with Gasteiger partial charge in [0, 0.05) is 26.6 Å². The van der Waals surface area contributed by atoms with Gasteiger partial charge in [0.15, 0.2) is 0 Å². The number of fused-ring (bicyclic) bond motifs is 2. The number of amides is 2. The Bertz CT molecular complexity index is 591. The number of carbonyl (C=O) groups is 2. The molecule has 1 heterocycles. The molecule has 1 aliphatic carbocycles. The first-order valence-electron chi connectivity index (χ1n) is 7.83. The molecule has 2 aliphatic rings. The Hall–Kier alpha value is -2.04. The SMILES string of the molecule is CNC(=O)CC1CC2(CCN(C(=O)O)CC2)c2ccccc21. The molecule has 1 atom stereocenters. The van der Waals surface area contributed by atoms with Crippen LogP contribution in [0.25, 0.3) is 0 Å². The van der Waals surface area contributed by atoms with E-state index in [9.17, 15) is 9.59 Å². The monoisotopic (exact) mass is 302 g/mol. The fraction of sp³-hybridized carbons (Fsp3) is 0.529. The predicted molar refractivity (Wildman–Crippen MR) is 83.0 cm³/mol. The van der Waals surface area contributed by atoms with Gasteiger partial charge < -0.3 is 15.3 Å². The largest absolute Gasteiger partial charge is 0.465 e. The van der Waals surface area contributed by atoms with Crippen molar-refractivity contribution in [3.8, 4) is 0 Å². The van der Waals surface area contributed by atoms with E-state index in [2.05, 4.69) is 17.4 Å². The fourth-order valence-electron chi connectivity index (χ4n) is 4.14. The Labute approximate surface area is 130 Å². The van der Waals surface area contributed by atoms with E-state index in [-0.39, 0.29) is 17.2 Å². The van der Waals surface area contributed by atoms with E-state index >= 15 is 0 Å². The molecular formula is C17H22N2O3. The topological polar surface area (TPSA) is 69.6 Å². The summed E-state index contributed by atoms with van der Waals surface area (Å²) >= 11 is 0. The van der Waals surface area contributed by atoms with Gasteiger partial charge in [0.25, 0.3) is 0 Å². The molecule has 1 saturated heterocycles. The number of hydrogen-bond acceptors (Lipinski definition) is 2. The minimum absolute atomic E-state index is 0.0429. The molecule has 2 N–H and O–H groups in total. The van der Waals surface area contributed by atoms with Crippen LogP contribution in [0, 0.1) is 0 Å². The summed E-state index contributed by atoms with van der Waals surface area (Å²) in [6, 6.07) is 8.37. The van der Waals surface area contributed by atoms with E-state index in [1.165, 1.54) is 16.0 Å². The maximum atomic E-state index is 11.8. The molecule has 22 heavy (non-hydrogen) atoms. The van der Waals surface area contributed by atoms with Crippen LogP contribution in [0.1, 0.15) is 42.7 Å². The molecule has 1 aliphatic heterocycles. The lowest BCUT2D eigenvalue weighted by Gasteiger charge is -2.39. The van der Waals surface area contributed by atoms with Crippen LogP contribution >= 0.6 is 0 Å². The molecule has 2 amide bonds. The van der Waals surface area contributed by atoms with E-state index in [1.807, 2.05) is 12.1 Å². The Balaban J connectivity index is 1.85. The molecule has 0 bridgehead atoms. The summed E-state index contributed by atoms with van der Waals surface area (Å²) in [6.07, 6.45) is 2.33. The molecular weight excluding hydrogens is 280 g/mol. The van der Waals surface area contributed by atoms with Crippen molar-refractivity contribution in [3.05, 3.63) is 35.4 Å². The van der Waals surface area contributed by atoms with Crippen molar-refractivity contribution in [1.82, 2.24) is 10.2 Å². The Morgan fingerprint density at radius 1 is 1.32 bits per heavy atom. The number of piperidine rings is 1. The molecule has 1 unspecified atom stereocenters. The maximum absolute atomic E-state index is 11.8. The van der Waals surface area contributed by atoms with Crippen molar-refractivity contribution >= 4 is 12.0 Å². The third-order valence-electron chi connectivity index (χ3n) is 5.31. The molecule has 0 radical (unpaired) electrons.